The van der Waals surface area contributed by atoms with Gasteiger partial charge in [0.2, 0.25) is 0 Å². The van der Waals surface area contributed by atoms with Gasteiger partial charge in [-0.05, 0) is 64.3 Å². The molecule has 0 saturated heterocycles. The van der Waals surface area contributed by atoms with E-state index >= 15 is 0 Å². The Morgan fingerprint density at radius 2 is 2.11 bits per heavy atom. The number of hydrogen-bond acceptors (Lipinski definition) is 3. The van der Waals surface area contributed by atoms with Crippen LogP contribution in [-0.2, 0) is 13.0 Å². The normalized spacial score (nSPS) is 12.9. The average molecular weight is 407 g/mol. The summed E-state index contributed by atoms with van der Waals surface area (Å²) in [5.74, 6) is 0. The maximum atomic E-state index is 6.34. The molecule has 104 valence electrons. The summed E-state index contributed by atoms with van der Waals surface area (Å²) in [6.07, 6.45) is 0.793. The molecule has 1 atom stereocenters. The molecule has 0 amide bonds. The van der Waals surface area contributed by atoms with Crippen molar-refractivity contribution in [3.63, 3.8) is 0 Å². The summed E-state index contributed by atoms with van der Waals surface area (Å²) in [6.45, 7) is 7.06. The van der Waals surface area contributed by atoms with Crippen molar-refractivity contribution in [2.45, 2.75) is 39.8 Å². The molecule has 0 fully saturated rings. The van der Waals surface area contributed by atoms with E-state index in [0.29, 0.717) is 0 Å². The van der Waals surface area contributed by atoms with E-state index in [2.05, 4.69) is 56.9 Å². The number of aromatic nitrogens is 2. The molecule has 0 aromatic carbocycles. The van der Waals surface area contributed by atoms with E-state index < -0.39 is 0 Å². The number of halogens is 2. The Balaban J connectivity index is 2.25. The molecule has 2 rings (SSSR count). The number of hydrogen-bond donors (Lipinski definition) is 1. The highest BCUT2D eigenvalue weighted by atomic mass is 79.9. The van der Waals surface area contributed by atoms with Crippen molar-refractivity contribution in [1.82, 2.24) is 9.78 Å². The molecular weight excluding hydrogens is 390 g/mol. The van der Waals surface area contributed by atoms with Gasteiger partial charge in [-0.2, -0.15) is 5.10 Å². The summed E-state index contributed by atoms with van der Waals surface area (Å²) in [4.78, 5) is 1.21. The molecule has 6 heteroatoms. The number of nitrogens with zero attached hydrogens (tertiary/aromatic N) is 2. The van der Waals surface area contributed by atoms with E-state index in [-0.39, 0.29) is 6.04 Å². The SMILES string of the molecule is CCn1nc(C)c(Br)c1CC(N)c1cc(C)c(Br)s1. The zero-order chi connectivity index (χ0) is 14.2. The third-order valence-corrected chi connectivity index (χ3v) is 6.41. The molecule has 19 heavy (non-hydrogen) atoms. The van der Waals surface area contributed by atoms with Crippen LogP contribution in [0.3, 0.4) is 0 Å². The Hall–Kier alpha value is -0.170. The molecular formula is C13H17Br2N3S. The molecule has 3 nitrogen and oxygen atoms in total. The second kappa shape index (κ2) is 6.08. The van der Waals surface area contributed by atoms with Gasteiger partial charge in [0, 0.05) is 23.9 Å². The van der Waals surface area contributed by atoms with Gasteiger partial charge in [0.05, 0.1) is 19.6 Å². The van der Waals surface area contributed by atoms with Gasteiger partial charge in [-0.15, -0.1) is 11.3 Å². The second-order valence-corrected chi connectivity index (χ2v) is 7.77. The molecule has 0 spiro atoms. The van der Waals surface area contributed by atoms with Crippen molar-refractivity contribution in [2.75, 3.05) is 0 Å². The number of thiophene rings is 1. The lowest BCUT2D eigenvalue weighted by Crippen LogP contribution is -2.15. The van der Waals surface area contributed by atoms with E-state index in [1.165, 1.54) is 16.1 Å². The molecule has 0 aliphatic rings. The first kappa shape index (κ1) is 15.2. The molecule has 2 N–H and O–H groups in total. The van der Waals surface area contributed by atoms with Crippen LogP contribution in [0, 0.1) is 13.8 Å². The maximum Gasteiger partial charge on any atom is 0.0738 e. The predicted molar refractivity (Wildman–Crippen MR) is 87.7 cm³/mol. The van der Waals surface area contributed by atoms with E-state index in [4.69, 9.17) is 5.73 Å². The van der Waals surface area contributed by atoms with Crippen LogP contribution in [0.4, 0.5) is 0 Å². The monoisotopic (exact) mass is 405 g/mol. The first-order valence-electron chi connectivity index (χ1n) is 6.17. The fourth-order valence-electron chi connectivity index (χ4n) is 2.04. The van der Waals surface area contributed by atoms with Crippen molar-refractivity contribution in [3.8, 4) is 0 Å². The Bertz CT molecular complexity index is 569. The Morgan fingerprint density at radius 3 is 2.63 bits per heavy atom. The van der Waals surface area contributed by atoms with Crippen LogP contribution in [0.25, 0.3) is 0 Å². The highest BCUT2D eigenvalue weighted by Crippen LogP contribution is 2.33. The summed E-state index contributed by atoms with van der Waals surface area (Å²) in [6, 6.07) is 2.17. The van der Waals surface area contributed by atoms with E-state index in [1.54, 1.807) is 11.3 Å². The van der Waals surface area contributed by atoms with Gasteiger partial charge in [0.15, 0.2) is 0 Å². The van der Waals surface area contributed by atoms with Crippen LogP contribution in [0.5, 0.6) is 0 Å². The Morgan fingerprint density at radius 1 is 1.42 bits per heavy atom. The van der Waals surface area contributed by atoms with Gasteiger partial charge in [-0.1, -0.05) is 0 Å². The fraction of sp³-hybridized carbons (Fsp3) is 0.462. The first-order valence-corrected chi connectivity index (χ1v) is 8.57. The smallest absolute Gasteiger partial charge is 0.0738 e. The van der Waals surface area contributed by atoms with Gasteiger partial charge in [-0.3, -0.25) is 4.68 Å². The van der Waals surface area contributed by atoms with E-state index in [0.717, 1.165) is 26.9 Å². The number of rotatable bonds is 4. The highest BCUT2D eigenvalue weighted by molar-refractivity contribution is 9.11. The molecule has 2 aromatic rings. The molecule has 0 aliphatic carbocycles. The minimum Gasteiger partial charge on any atom is -0.323 e. The van der Waals surface area contributed by atoms with Gasteiger partial charge in [-0.25, -0.2) is 0 Å². The lowest BCUT2D eigenvalue weighted by atomic mass is 10.1. The minimum atomic E-state index is 0.00713. The van der Waals surface area contributed by atoms with Crippen molar-refractivity contribution in [2.24, 2.45) is 5.73 Å². The van der Waals surface area contributed by atoms with E-state index in [1.807, 2.05) is 11.6 Å². The number of nitrogens with two attached hydrogens (primary N) is 1. The fourth-order valence-corrected chi connectivity index (χ4v) is 4.06. The largest absolute Gasteiger partial charge is 0.323 e. The summed E-state index contributed by atoms with van der Waals surface area (Å²) < 4.78 is 4.27. The summed E-state index contributed by atoms with van der Waals surface area (Å²) >= 11 is 8.88. The zero-order valence-corrected chi connectivity index (χ0v) is 15.2. The molecule has 0 saturated carbocycles. The molecule has 0 bridgehead atoms. The van der Waals surface area contributed by atoms with Crippen LogP contribution < -0.4 is 5.73 Å². The summed E-state index contributed by atoms with van der Waals surface area (Å²) in [7, 11) is 0. The zero-order valence-electron chi connectivity index (χ0n) is 11.2. The number of aryl methyl sites for hydroxylation is 3. The third-order valence-electron chi connectivity index (χ3n) is 3.11. The van der Waals surface area contributed by atoms with Gasteiger partial charge >= 0.3 is 0 Å². The van der Waals surface area contributed by atoms with Crippen LogP contribution in [0.2, 0.25) is 0 Å². The van der Waals surface area contributed by atoms with Crippen molar-refractivity contribution >= 4 is 43.2 Å². The van der Waals surface area contributed by atoms with Crippen molar-refractivity contribution in [1.29, 1.82) is 0 Å². The molecule has 2 aromatic heterocycles. The topological polar surface area (TPSA) is 43.8 Å². The third kappa shape index (κ3) is 3.12. The van der Waals surface area contributed by atoms with Crippen LogP contribution in [0.1, 0.15) is 34.8 Å². The van der Waals surface area contributed by atoms with Gasteiger partial charge in [0.1, 0.15) is 0 Å². The highest BCUT2D eigenvalue weighted by Gasteiger charge is 2.18. The predicted octanol–water partition coefficient (Wildman–Crippen LogP) is 4.35. The summed E-state index contributed by atoms with van der Waals surface area (Å²) in [5, 5.41) is 4.51. The maximum absolute atomic E-state index is 6.34. The van der Waals surface area contributed by atoms with Crippen LogP contribution in [0.15, 0.2) is 14.3 Å². The standard InChI is InChI=1S/C13H17Br2N3S/c1-4-18-10(12(14)8(3)17-18)6-9(16)11-5-7(2)13(15)19-11/h5,9H,4,6,16H2,1-3H3. The van der Waals surface area contributed by atoms with E-state index in [9.17, 15) is 0 Å². The second-order valence-electron chi connectivity index (χ2n) is 4.58. The quantitative estimate of drug-likeness (QED) is 0.820. The average Bonchev–Trinajstić information content (AvgIpc) is 2.84. The summed E-state index contributed by atoms with van der Waals surface area (Å²) in [5.41, 5.74) is 9.78. The molecule has 2 heterocycles. The minimum absolute atomic E-state index is 0.00713. The van der Waals surface area contributed by atoms with Gasteiger partial charge in [0.25, 0.3) is 0 Å². The van der Waals surface area contributed by atoms with Crippen molar-refractivity contribution < 1.29 is 0 Å². The van der Waals surface area contributed by atoms with Crippen molar-refractivity contribution in [3.05, 3.63) is 36.2 Å². The first-order chi connectivity index (χ1) is 8.93. The Kier molecular flexibility index (Phi) is 4.87. The lowest BCUT2D eigenvalue weighted by molar-refractivity contribution is 0.589. The molecule has 0 aliphatic heterocycles. The molecule has 1 unspecified atom stereocenters. The molecule has 0 radical (unpaired) electrons. The van der Waals surface area contributed by atoms with Crippen LogP contribution >= 0.6 is 43.2 Å². The van der Waals surface area contributed by atoms with Crippen LogP contribution in [-0.4, -0.2) is 9.78 Å². The lowest BCUT2D eigenvalue weighted by Gasteiger charge is -2.11. The Labute approximate surface area is 134 Å². The van der Waals surface area contributed by atoms with Gasteiger partial charge < -0.3 is 5.73 Å².